The van der Waals surface area contributed by atoms with E-state index in [0.29, 0.717) is 33.3 Å². The van der Waals surface area contributed by atoms with E-state index < -0.39 is 17.8 Å². The van der Waals surface area contributed by atoms with Gasteiger partial charge in [0.2, 0.25) is 0 Å². The van der Waals surface area contributed by atoms with Crippen molar-refractivity contribution < 1.29 is 23.9 Å². The predicted molar refractivity (Wildman–Crippen MR) is 138 cm³/mol. The molecular weight excluding hydrogens is 480 g/mol. The largest absolute Gasteiger partial charge is 0.497 e. The number of imide groups is 2. The highest BCUT2D eigenvalue weighted by Gasteiger charge is 2.37. The summed E-state index contributed by atoms with van der Waals surface area (Å²) in [6.45, 7) is 6.00. The van der Waals surface area contributed by atoms with Crippen molar-refractivity contribution in [3.63, 3.8) is 0 Å². The molecule has 1 saturated heterocycles. The second kappa shape index (κ2) is 10.3. The highest BCUT2D eigenvalue weighted by atomic mass is 35.5. The third kappa shape index (κ3) is 5.11. The van der Waals surface area contributed by atoms with Gasteiger partial charge < -0.3 is 9.47 Å². The first kappa shape index (κ1) is 25.0. The van der Waals surface area contributed by atoms with Crippen molar-refractivity contribution in [2.75, 3.05) is 12.0 Å². The fraction of sp³-hybridized carbons (Fsp3) is 0.179. The molecule has 0 bridgehead atoms. The zero-order chi connectivity index (χ0) is 26.0. The van der Waals surface area contributed by atoms with Gasteiger partial charge in [0.25, 0.3) is 11.8 Å². The summed E-state index contributed by atoms with van der Waals surface area (Å²) in [5.41, 5.74) is 4.32. The molecule has 0 radical (unpaired) electrons. The third-order valence-electron chi connectivity index (χ3n) is 5.78. The van der Waals surface area contributed by atoms with Crippen molar-refractivity contribution in [1.82, 2.24) is 5.32 Å². The molecule has 1 fully saturated rings. The predicted octanol–water partition coefficient (Wildman–Crippen LogP) is 5.52. The Morgan fingerprint density at radius 3 is 2.39 bits per heavy atom. The van der Waals surface area contributed by atoms with Crippen LogP contribution in [0.2, 0.25) is 5.02 Å². The number of urea groups is 1. The summed E-state index contributed by atoms with van der Waals surface area (Å²) in [5.74, 6) is -0.579. The quantitative estimate of drug-likeness (QED) is 0.353. The second-order valence-electron chi connectivity index (χ2n) is 8.53. The first-order chi connectivity index (χ1) is 17.2. The topological polar surface area (TPSA) is 84.9 Å². The minimum Gasteiger partial charge on any atom is -0.497 e. The number of halogens is 1. The third-order valence-corrected chi connectivity index (χ3v) is 6.19. The average molecular weight is 505 g/mol. The van der Waals surface area contributed by atoms with Crippen LogP contribution in [-0.4, -0.2) is 25.0 Å². The van der Waals surface area contributed by atoms with Crippen LogP contribution in [0.25, 0.3) is 6.08 Å². The van der Waals surface area contributed by atoms with Crippen LogP contribution in [-0.2, 0) is 16.2 Å². The number of amides is 4. The molecule has 1 N–H and O–H groups in total. The number of methoxy groups -OCH3 is 1. The van der Waals surface area contributed by atoms with Crippen LogP contribution in [0.1, 0.15) is 27.8 Å². The molecule has 4 rings (SSSR count). The van der Waals surface area contributed by atoms with Crippen LogP contribution in [0, 0.1) is 20.8 Å². The molecule has 7 nitrogen and oxygen atoms in total. The van der Waals surface area contributed by atoms with Crippen molar-refractivity contribution in [3.8, 4) is 11.5 Å². The van der Waals surface area contributed by atoms with E-state index in [1.807, 2.05) is 26.0 Å². The van der Waals surface area contributed by atoms with Crippen molar-refractivity contribution in [3.05, 3.63) is 93.0 Å². The number of ether oxygens (including phenoxy) is 2. The summed E-state index contributed by atoms with van der Waals surface area (Å²) in [4.78, 5) is 39.6. The van der Waals surface area contributed by atoms with Gasteiger partial charge in [-0.25, -0.2) is 9.69 Å². The van der Waals surface area contributed by atoms with Gasteiger partial charge >= 0.3 is 6.03 Å². The van der Waals surface area contributed by atoms with Crippen LogP contribution < -0.4 is 19.7 Å². The number of barbiturate groups is 1. The number of nitrogens with zero attached hydrogens (tertiary/aromatic N) is 1. The van der Waals surface area contributed by atoms with Crippen LogP contribution >= 0.6 is 11.6 Å². The van der Waals surface area contributed by atoms with Crippen LogP contribution in [0.15, 0.2) is 60.2 Å². The monoisotopic (exact) mass is 504 g/mol. The Labute approximate surface area is 214 Å². The van der Waals surface area contributed by atoms with E-state index in [1.54, 1.807) is 43.3 Å². The molecular formula is C28H25ClN2O5. The van der Waals surface area contributed by atoms with Crippen molar-refractivity contribution in [2.24, 2.45) is 0 Å². The van der Waals surface area contributed by atoms with Crippen molar-refractivity contribution in [2.45, 2.75) is 27.4 Å². The SMILES string of the molecule is COc1ccc(/C=C2\C(=O)NC(=O)N(c3cccc(Cl)c3C)C2=O)c(OCc2cc(C)cc(C)c2)c1. The number of nitrogens with one attached hydrogen (secondary N) is 1. The number of carbonyl (C=O) groups excluding carboxylic acids is 3. The van der Waals surface area contributed by atoms with Gasteiger partial charge in [-0.2, -0.15) is 0 Å². The van der Waals surface area contributed by atoms with E-state index in [-0.39, 0.29) is 12.2 Å². The lowest BCUT2D eigenvalue weighted by Crippen LogP contribution is -2.54. The molecule has 0 saturated carbocycles. The molecule has 3 aromatic rings. The Bertz CT molecular complexity index is 1390. The average Bonchev–Trinajstić information content (AvgIpc) is 2.82. The van der Waals surface area contributed by atoms with Crippen LogP contribution in [0.3, 0.4) is 0 Å². The Hall–Kier alpha value is -4.10. The van der Waals surface area contributed by atoms with Crippen LogP contribution in [0.4, 0.5) is 10.5 Å². The van der Waals surface area contributed by atoms with E-state index in [2.05, 4.69) is 11.4 Å². The molecule has 0 aromatic heterocycles. The number of anilines is 1. The summed E-state index contributed by atoms with van der Waals surface area (Å²) in [5, 5.41) is 2.63. The van der Waals surface area contributed by atoms with E-state index in [9.17, 15) is 14.4 Å². The van der Waals surface area contributed by atoms with E-state index in [1.165, 1.54) is 13.2 Å². The molecule has 0 aliphatic carbocycles. The lowest BCUT2D eigenvalue weighted by Gasteiger charge is -2.28. The van der Waals surface area contributed by atoms with E-state index in [4.69, 9.17) is 21.1 Å². The standard InChI is InChI=1S/C28H25ClN2O5/c1-16-10-17(2)12-19(11-16)15-36-25-14-21(35-4)9-8-20(25)13-22-26(32)30-28(34)31(27(22)33)24-7-5-6-23(29)18(24)3/h5-14H,15H2,1-4H3,(H,30,32,34)/b22-13+. The highest BCUT2D eigenvalue weighted by Crippen LogP contribution is 2.32. The zero-order valence-corrected chi connectivity index (χ0v) is 21.1. The normalized spacial score (nSPS) is 14.8. The maximum absolute atomic E-state index is 13.4. The Morgan fingerprint density at radius 2 is 1.69 bits per heavy atom. The van der Waals surface area contributed by atoms with Gasteiger partial charge in [0, 0.05) is 16.7 Å². The summed E-state index contributed by atoms with van der Waals surface area (Å²) < 4.78 is 11.4. The molecule has 4 amide bonds. The fourth-order valence-corrected chi connectivity index (χ4v) is 4.24. The fourth-order valence-electron chi connectivity index (χ4n) is 4.07. The lowest BCUT2D eigenvalue weighted by atomic mass is 10.0. The van der Waals surface area contributed by atoms with E-state index >= 15 is 0 Å². The number of hydrogen-bond donors (Lipinski definition) is 1. The van der Waals surface area contributed by atoms with Crippen LogP contribution in [0.5, 0.6) is 11.5 Å². The minimum absolute atomic E-state index is 0.213. The highest BCUT2D eigenvalue weighted by molar-refractivity contribution is 6.40. The van der Waals surface area contributed by atoms with Gasteiger partial charge in [-0.15, -0.1) is 0 Å². The lowest BCUT2D eigenvalue weighted by molar-refractivity contribution is -0.122. The number of aryl methyl sites for hydroxylation is 2. The van der Waals surface area contributed by atoms with Gasteiger partial charge in [-0.05, 0) is 62.2 Å². The Morgan fingerprint density at radius 1 is 0.972 bits per heavy atom. The number of hydrogen-bond acceptors (Lipinski definition) is 5. The number of carbonyl (C=O) groups is 3. The minimum atomic E-state index is -0.839. The summed E-state index contributed by atoms with van der Waals surface area (Å²) in [6.07, 6.45) is 1.41. The molecule has 1 aliphatic heterocycles. The van der Waals surface area contributed by atoms with Gasteiger partial charge in [0.15, 0.2) is 0 Å². The number of benzene rings is 3. The summed E-state index contributed by atoms with van der Waals surface area (Å²) >= 11 is 6.20. The molecule has 1 aliphatic rings. The molecule has 0 atom stereocenters. The first-order valence-electron chi connectivity index (χ1n) is 11.2. The molecule has 0 unspecified atom stereocenters. The molecule has 3 aromatic carbocycles. The Kier molecular flexibility index (Phi) is 7.12. The number of rotatable bonds is 6. The van der Waals surface area contributed by atoms with Crippen molar-refractivity contribution >= 4 is 41.2 Å². The zero-order valence-electron chi connectivity index (χ0n) is 20.3. The molecule has 36 heavy (non-hydrogen) atoms. The van der Waals surface area contributed by atoms with Gasteiger partial charge in [0.05, 0.1) is 12.8 Å². The molecule has 0 spiro atoms. The Balaban J connectivity index is 1.71. The molecule has 184 valence electrons. The first-order valence-corrected chi connectivity index (χ1v) is 11.6. The van der Waals surface area contributed by atoms with Crippen molar-refractivity contribution in [1.29, 1.82) is 0 Å². The smallest absolute Gasteiger partial charge is 0.335 e. The van der Waals surface area contributed by atoms with Gasteiger partial charge in [-0.3, -0.25) is 14.9 Å². The molecule has 8 heteroatoms. The summed E-state index contributed by atoms with van der Waals surface area (Å²) in [6, 6.07) is 15.3. The summed E-state index contributed by atoms with van der Waals surface area (Å²) in [7, 11) is 1.54. The second-order valence-corrected chi connectivity index (χ2v) is 8.94. The maximum atomic E-state index is 13.4. The van der Waals surface area contributed by atoms with Gasteiger partial charge in [0.1, 0.15) is 23.7 Å². The van der Waals surface area contributed by atoms with E-state index in [0.717, 1.165) is 21.6 Å². The molecule has 1 heterocycles. The van der Waals surface area contributed by atoms with Gasteiger partial charge in [-0.1, -0.05) is 47.0 Å². The maximum Gasteiger partial charge on any atom is 0.335 e.